The van der Waals surface area contributed by atoms with E-state index in [9.17, 15) is 0 Å². The summed E-state index contributed by atoms with van der Waals surface area (Å²) in [5.41, 5.74) is 19.7. The van der Waals surface area contributed by atoms with Gasteiger partial charge in [0.1, 0.15) is 0 Å². The number of hydrogen-bond donors (Lipinski definition) is 0. The Balaban J connectivity index is 0.000000179. The van der Waals surface area contributed by atoms with Crippen molar-refractivity contribution in [1.82, 2.24) is 0 Å². The van der Waals surface area contributed by atoms with E-state index in [4.69, 9.17) is 0 Å². The predicted octanol–water partition coefficient (Wildman–Crippen LogP) is 5.33. The van der Waals surface area contributed by atoms with Crippen molar-refractivity contribution >= 4 is 50.3 Å². The summed E-state index contributed by atoms with van der Waals surface area (Å²) in [5.74, 6) is 0. The van der Waals surface area contributed by atoms with Gasteiger partial charge in [0.05, 0.1) is 0 Å². The second-order valence-electron chi connectivity index (χ2n) is 14.3. The van der Waals surface area contributed by atoms with Gasteiger partial charge in [-0.3, -0.25) is 0 Å². The first-order valence-corrected chi connectivity index (χ1v) is 23.4. The van der Waals surface area contributed by atoms with Crippen LogP contribution in [-0.2, 0) is 26.2 Å². The average molecular weight is 870 g/mol. The molecule has 55 heavy (non-hydrogen) atoms. The van der Waals surface area contributed by atoms with Gasteiger partial charge in [0.2, 0.25) is 0 Å². The standard InChI is InChI=1S/2C16H17NSi.C16H13.2ClH.Zr/c1-18(2)12-13-8-14-10-17(11-15(14)9-13)16-6-4-3-5-7-16;1-18(2)12-13-10-14-8-9-17(16(14)11-13)15-6-4-3-5-7-15;1-12-10-14-8-5-9-15(16(14)11-12)13-6-3-2-4-7-13;;;/h3-10,12H,11H2,1-2H3;3-8,10-12H,9H2,1-2H3;2-11H,1H3;2*1H;/q;;-1;;;+3/p-2. The summed E-state index contributed by atoms with van der Waals surface area (Å²) in [5, 5.41) is 2.69. The van der Waals surface area contributed by atoms with Gasteiger partial charge in [-0.1, -0.05) is 129 Å². The Kier molecular flexibility index (Phi) is 16.3. The number of benzene rings is 4. The first-order chi connectivity index (χ1) is 25.3. The fraction of sp³-hybridized carbons (Fsp3) is 0.146. The Morgan fingerprint density at radius 2 is 1.22 bits per heavy atom. The van der Waals surface area contributed by atoms with Crippen molar-refractivity contribution in [2.45, 2.75) is 33.1 Å². The smallest absolute Gasteiger partial charge is 1.00 e. The van der Waals surface area contributed by atoms with Gasteiger partial charge in [0, 0.05) is 53.2 Å². The number of hydrogen-bond acceptors (Lipinski definition) is 2. The number of aryl methyl sites for hydroxylation is 1. The minimum absolute atomic E-state index is 0. The zero-order valence-electron chi connectivity index (χ0n) is 32.2. The average Bonchev–Trinajstić information content (AvgIpc) is 3.96. The molecule has 275 valence electrons. The number of halogens is 2. The first-order valence-electron chi connectivity index (χ1n) is 18.2. The molecular weight excluding hydrogens is 823 g/mol. The van der Waals surface area contributed by atoms with Gasteiger partial charge >= 0.3 is 26.2 Å². The van der Waals surface area contributed by atoms with E-state index in [0.29, 0.717) is 0 Å². The molecule has 2 heterocycles. The molecule has 2 nitrogen and oxygen atoms in total. The summed E-state index contributed by atoms with van der Waals surface area (Å²) in [6, 6.07) is 42.7. The van der Waals surface area contributed by atoms with Crippen molar-refractivity contribution in [3.05, 3.63) is 197 Å². The molecule has 0 aromatic heterocycles. The van der Waals surface area contributed by atoms with Crippen molar-refractivity contribution < 1.29 is 51.0 Å². The molecule has 4 aliphatic rings. The molecule has 0 atom stereocenters. The van der Waals surface area contributed by atoms with E-state index < -0.39 is 0 Å². The summed E-state index contributed by atoms with van der Waals surface area (Å²) in [4.78, 5) is 4.70. The quantitative estimate of drug-likeness (QED) is 0.174. The number of para-hydroxylation sites is 2. The largest absolute Gasteiger partial charge is 3.00 e. The molecule has 2 aliphatic carbocycles. The van der Waals surface area contributed by atoms with Gasteiger partial charge in [0.25, 0.3) is 0 Å². The molecule has 7 heteroatoms. The van der Waals surface area contributed by atoms with E-state index >= 15 is 0 Å². The van der Waals surface area contributed by atoms with Crippen LogP contribution in [0.3, 0.4) is 0 Å². The summed E-state index contributed by atoms with van der Waals surface area (Å²) in [6.07, 6.45) is 13.9. The minimum atomic E-state index is -0.313. The maximum absolute atomic E-state index is 2.42. The van der Waals surface area contributed by atoms with Crippen LogP contribution < -0.4 is 34.6 Å². The van der Waals surface area contributed by atoms with Crippen molar-refractivity contribution in [3.8, 4) is 11.1 Å². The summed E-state index contributed by atoms with van der Waals surface area (Å²) >= 11 is 0. The van der Waals surface area contributed by atoms with Crippen molar-refractivity contribution in [3.63, 3.8) is 0 Å². The Labute approximate surface area is 362 Å². The normalized spacial score (nSPS) is 14.3. The molecule has 0 amide bonds. The molecule has 0 fully saturated rings. The van der Waals surface area contributed by atoms with Gasteiger partial charge in [-0.2, -0.15) is 6.07 Å². The van der Waals surface area contributed by atoms with Crippen LogP contribution in [0.4, 0.5) is 11.4 Å². The van der Waals surface area contributed by atoms with Crippen LogP contribution in [0.15, 0.2) is 191 Å². The number of rotatable bonds is 5. The second kappa shape index (κ2) is 20.4. The Morgan fingerprint density at radius 1 is 0.636 bits per heavy atom. The third kappa shape index (κ3) is 10.9. The zero-order chi connectivity index (χ0) is 36.0. The van der Waals surface area contributed by atoms with Gasteiger partial charge in [-0.05, 0) is 82.0 Å². The third-order valence-corrected chi connectivity index (χ3v) is 11.2. The summed E-state index contributed by atoms with van der Waals surface area (Å²) in [6.45, 7) is 13.4. The molecule has 0 saturated carbocycles. The van der Waals surface area contributed by atoms with E-state index in [1.165, 1.54) is 72.4 Å². The SMILES string of the molecule is C[Si](C)=CC1=CC2=CCN(c3ccccc3)C2=C1.C[Si](C)=CC1=CC2=CN(c3ccccc3)CC2=C1.Cc1cc2c(-c3ccccc3)cccc2[cH-]1.[Cl-].[Cl-].[Zr+3]. The molecule has 0 unspecified atom stereocenters. The molecular formula is C48H47Cl2N2Si2Zr. The molecule has 9 rings (SSSR count). The van der Waals surface area contributed by atoms with Crippen molar-refractivity contribution in [2.75, 3.05) is 22.9 Å². The van der Waals surface area contributed by atoms with Crippen molar-refractivity contribution in [1.29, 1.82) is 0 Å². The van der Waals surface area contributed by atoms with Gasteiger partial charge < -0.3 is 34.6 Å². The monoisotopic (exact) mass is 867 g/mol. The maximum Gasteiger partial charge on any atom is 3.00 e. The van der Waals surface area contributed by atoms with Crippen LogP contribution in [0, 0.1) is 6.92 Å². The number of allylic oxidation sites excluding steroid dienone is 6. The molecule has 0 saturated heterocycles. The third-order valence-electron chi connectivity index (χ3n) is 9.42. The van der Waals surface area contributed by atoms with Crippen LogP contribution in [0.2, 0.25) is 26.2 Å². The van der Waals surface area contributed by atoms with Crippen LogP contribution in [-0.4, -0.2) is 41.3 Å². The fourth-order valence-electron chi connectivity index (χ4n) is 7.20. The molecule has 5 aromatic rings. The Hall–Kier alpha value is -3.83. The Bertz CT molecular complexity index is 2340. The minimum Gasteiger partial charge on any atom is -1.00 e. The molecule has 2 aliphatic heterocycles. The molecule has 0 spiro atoms. The maximum atomic E-state index is 2.42. The van der Waals surface area contributed by atoms with Gasteiger partial charge in [0.15, 0.2) is 0 Å². The Morgan fingerprint density at radius 3 is 1.84 bits per heavy atom. The predicted molar refractivity (Wildman–Crippen MR) is 233 cm³/mol. The van der Waals surface area contributed by atoms with E-state index in [1.54, 1.807) is 0 Å². The zero-order valence-corrected chi connectivity index (χ0v) is 38.2. The van der Waals surface area contributed by atoms with E-state index in [1.807, 2.05) is 0 Å². The van der Waals surface area contributed by atoms with E-state index in [0.717, 1.165) is 13.1 Å². The first kappa shape index (κ1) is 43.9. The molecule has 0 N–H and O–H groups in total. The molecule has 1 radical (unpaired) electrons. The number of nitrogens with zero attached hydrogens (tertiary/aromatic N) is 2. The van der Waals surface area contributed by atoms with Crippen LogP contribution >= 0.6 is 0 Å². The van der Waals surface area contributed by atoms with Crippen LogP contribution in [0.25, 0.3) is 21.9 Å². The fourth-order valence-corrected chi connectivity index (χ4v) is 8.87. The number of anilines is 2. The second-order valence-corrected chi connectivity index (χ2v) is 19.2. The van der Waals surface area contributed by atoms with Crippen molar-refractivity contribution in [2.24, 2.45) is 0 Å². The van der Waals surface area contributed by atoms with E-state index in [2.05, 4.69) is 212 Å². The summed E-state index contributed by atoms with van der Waals surface area (Å²) in [7, 11) is -0.604. The van der Waals surface area contributed by atoms with E-state index in [-0.39, 0.29) is 67.8 Å². The van der Waals surface area contributed by atoms with Crippen LogP contribution in [0.5, 0.6) is 0 Å². The molecule has 5 aromatic carbocycles. The summed E-state index contributed by atoms with van der Waals surface area (Å²) < 4.78 is 0. The topological polar surface area (TPSA) is 6.48 Å². The molecule has 0 bridgehead atoms. The van der Waals surface area contributed by atoms with Crippen LogP contribution in [0.1, 0.15) is 5.56 Å². The van der Waals surface area contributed by atoms with Gasteiger partial charge in [-0.25, -0.2) is 0 Å². The number of fused-ring (bicyclic) bond motifs is 3. The van der Waals surface area contributed by atoms with Gasteiger partial charge in [-0.15, -0.1) is 34.5 Å².